The zero-order valence-corrected chi connectivity index (χ0v) is 9.52. The number of aliphatic hydroxyl groups is 2. The highest BCUT2D eigenvalue weighted by molar-refractivity contribution is 5.05. The first kappa shape index (κ1) is 10.1. The van der Waals surface area contributed by atoms with Gasteiger partial charge in [-0.05, 0) is 68.6 Å². The van der Waals surface area contributed by atoms with E-state index in [2.05, 4.69) is 0 Å². The second-order valence-corrected chi connectivity index (χ2v) is 6.47. The van der Waals surface area contributed by atoms with E-state index in [1.165, 1.54) is 38.5 Å². The first-order valence-corrected chi connectivity index (χ1v) is 6.45. The Morgan fingerprint density at radius 3 is 1.67 bits per heavy atom. The summed E-state index contributed by atoms with van der Waals surface area (Å²) in [4.78, 5) is 0. The molecule has 0 aromatic rings. The Labute approximate surface area is 91.7 Å². The van der Waals surface area contributed by atoms with Gasteiger partial charge in [0.2, 0.25) is 0 Å². The van der Waals surface area contributed by atoms with Crippen LogP contribution in [-0.4, -0.2) is 22.4 Å². The summed E-state index contributed by atoms with van der Waals surface area (Å²) >= 11 is 0. The van der Waals surface area contributed by atoms with Crippen molar-refractivity contribution in [2.45, 2.75) is 57.7 Å². The average molecular weight is 210 g/mol. The summed E-state index contributed by atoms with van der Waals surface area (Å²) in [6.07, 6.45) is 6.66. The molecule has 2 N–H and O–H groups in total. The van der Waals surface area contributed by atoms with E-state index < -0.39 is 12.2 Å². The summed E-state index contributed by atoms with van der Waals surface area (Å²) in [7, 11) is 0. The van der Waals surface area contributed by atoms with Gasteiger partial charge in [-0.25, -0.2) is 0 Å². The van der Waals surface area contributed by atoms with E-state index in [9.17, 15) is 10.2 Å². The highest BCUT2D eigenvalue weighted by Gasteiger charge is 2.54. The van der Waals surface area contributed by atoms with Crippen LogP contribution in [0.25, 0.3) is 0 Å². The molecule has 4 rings (SSSR count). The average Bonchev–Trinajstić information content (AvgIpc) is 2.14. The summed E-state index contributed by atoms with van der Waals surface area (Å²) < 4.78 is 0. The molecule has 4 bridgehead atoms. The van der Waals surface area contributed by atoms with Crippen molar-refractivity contribution in [2.24, 2.45) is 23.2 Å². The topological polar surface area (TPSA) is 40.5 Å². The maximum Gasteiger partial charge on any atom is 0.0852 e. The largest absolute Gasteiger partial charge is 0.391 e. The molecule has 0 aromatic carbocycles. The van der Waals surface area contributed by atoms with Gasteiger partial charge in [-0.15, -0.1) is 0 Å². The van der Waals surface area contributed by atoms with Gasteiger partial charge >= 0.3 is 0 Å². The second-order valence-electron chi connectivity index (χ2n) is 6.47. The van der Waals surface area contributed by atoms with Crippen molar-refractivity contribution in [1.29, 1.82) is 0 Å². The fourth-order valence-corrected chi connectivity index (χ4v) is 5.05. The highest BCUT2D eigenvalue weighted by atomic mass is 16.3. The van der Waals surface area contributed by atoms with Gasteiger partial charge < -0.3 is 10.2 Å². The van der Waals surface area contributed by atoms with Crippen molar-refractivity contribution < 1.29 is 10.2 Å². The number of rotatable bonds is 2. The monoisotopic (exact) mass is 210 g/mol. The molecule has 4 aliphatic rings. The smallest absolute Gasteiger partial charge is 0.0852 e. The summed E-state index contributed by atoms with van der Waals surface area (Å²) in [6, 6.07) is 0. The SMILES string of the molecule is CC(O)C(O)C12CC3CC(CC(C3)C1)C2. The van der Waals surface area contributed by atoms with E-state index in [4.69, 9.17) is 0 Å². The minimum absolute atomic E-state index is 0.0862. The van der Waals surface area contributed by atoms with Gasteiger partial charge in [0.25, 0.3) is 0 Å². The molecule has 2 heteroatoms. The predicted octanol–water partition coefficient (Wildman–Crippen LogP) is 1.94. The van der Waals surface area contributed by atoms with Crippen molar-refractivity contribution in [3.8, 4) is 0 Å². The lowest BCUT2D eigenvalue weighted by Crippen LogP contribution is -2.54. The zero-order valence-electron chi connectivity index (χ0n) is 9.52. The van der Waals surface area contributed by atoms with Crippen molar-refractivity contribution in [2.75, 3.05) is 0 Å². The molecule has 4 fully saturated rings. The molecule has 2 unspecified atom stereocenters. The third-order valence-corrected chi connectivity index (χ3v) is 5.17. The number of hydrogen-bond acceptors (Lipinski definition) is 2. The molecule has 4 saturated carbocycles. The molecule has 0 aliphatic heterocycles. The van der Waals surface area contributed by atoms with E-state index in [1.807, 2.05) is 0 Å². The maximum atomic E-state index is 10.2. The predicted molar refractivity (Wildman–Crippen MR) is 58.3 cm³/mol. The van der Waals surface area contributed by atoms with Crippen molar-refractivity contribution >= 4 is 0 Å². The Morgan fingerprint density at radius 1 is 0.933 bits per heavy atom. The van der Waals surface area contributed by atoms with Crippen LogP contribution < -0.4 is 0 Å². The molecule has 0 radical (unpaired) electrons. The van der Waals surface area contributed by atoms with Gasteiger partial charge in [-0.1, -0.05) is 0 Å². The van der Waals surface area contributed by atoms with Gasteiger partial charge in [0.15, 0.2) is 0 Å². The van der Waals surface area contributed by atoms with Crippen LogP contribution in [-0.2, 0) is 0 Å². The Hall–Kier alpha value is -0.0800. The number of hydrogen-bond donors (Lipinski definition) is 2. The Bertz CT molecular complexity index is 224. The van der Waals surface area contributed by atoms with E-state index >= 15 is 0 Å². The molecular weight excluding hydrogens is 188 g/mol. The van der Waals surface area contributed by atoms with Gasteiger partial charge in [0, 0.05) is 0 Å². The second kappa shape index (κ2) is 3.21. The minimum Gasteiger partial charge on any atom is -0.391 e. The van der Waals surface area contributed by atoms with Crippen molar-refractivity contribution in [1.82, 2.24) is 0 Å². The molecule has 15 heavy (non-hydrogen) atoms. The Balaban J connectivity index is 1.86. The summed E-state index contributed by atoms with van der Waals surface area (Å²) in [5, 5.41) is 19.9. The molecule has 0 aromatic heterocycles. The Kier molecular flexibility index (Phi) is 2.16. The minimum atomic E-state index is -0.554. The molecule has 2 atom stereocenters. The van der Waals surface area contributed by atoms with Crippen molar-refractivity contribution in [3.05, 3.63) is 0 Å². The van der Waals surface area contributed by atoms with Crippen LogP contribution in [0.4, 0.5) is 0 Å². The lowest BCUT2D eigenvalue weighted by Gasteiger charge is -2.58. The molecule has 0 heterocycles. The van der Waals surface area contributed by atoms with E-state index in [1.54, 1.807) is 6.92 Å². The molecule has 4 aliphatic carbocycles. The van der Waals surface area contributed by atoms with E-state index in [0.717, 1.165) is 17.8 Å². The quantitative estimate of drug-likeness (QED) is 0.731. The maximum absolute atomic E-state index is 10.2. The summed E-state index contributed by atoms with van der Waals surface area (Å²) in [6.45, 7) is 1.74. The third-order valence-electron chi connectivity index (χ3n) is 5.17. The third kappa shape index (κ3) is 1.45. The van der Waals surface area contributed by atoms with Crippen LogP contribution in [0, 0.1) is 23.2 Å². The van der Waals surface area contributed by atoms with Crippen LogP contribution in [0.1, 0.15) is 45.4 Å². The standard InChI is InChI=1S/C13H22O2/c1-8(14)12(15)13-5-9-2-10(6-13)4-11(3-9)7-13/h8-12,14-15H,2-7H2,1H3. The molecule has 0 saturated heterocycles. The van der Waals surface area contributed by atoms with Crippen LogP contribution in [0.3, 0.4) is 0 Å². The van der Waals surface area contributed by atoms with Crippen LogP contribution in [0.15, 0.2) is 0 Å². The molecular formula is C13H22O2. The Morgan fingerprint density at radius 2 is 1.33 bits per heavy atom. The molecule has 2 nitrogen and oxygen atoms in total. The van der Waals surface area contributed by atoms with Crippen LogP contribution in [0.2, 0.25) is 0 Å². The zero-order chi connectivity index (χ0) is 10.6. The fourth-order valence-electron chi connectivity index (χ4n) is 5.05. The van der Waals surface area contributed by atoms with E-state index in [-0.39, 0.29) is 5.41 Å². The first-order chi connectivity index (χ1) is 7.09. The van der Waals surface area contributed by atoms with E-state index in [0.29, 0.717) is 0 Å². The molecule has 86 valence electrons. The lowest BCUT2D eigenvalue weighted by molar-refractivity contribution is -0.150. The summed E-state index contributed by atoms with van der Waals surface area (Å²) in [5.41, 5.74) is 0.0862. The van der Waals surface area contributed by atoms with Gasteiger partial charge in [-0.2, -0.15) is 0 Å². The fraction of sp³-hybridized carbons (Fsp3) is 1.00. The summed E-state index contributed by atoms with van der Waals surface area (Å²) in [5.74, 6) is 2.55. The van der Waals surface area contributed by atoms with Gasteiger partial charge in [-0.3, -0.25) is 0 Å². The van der Waals surface area contributed by atoms with Gasteiger partial charge in [0.05, 0.1) is 12.2 Å². The normalized spacial score (nSPS) is 51.8. The van der Waals surface area contributed by atoms with Crippen LogP contribution in [0.5, 0.6) is 0 Å². The van der Waals surface area contributed by atoms with Crippen LogP contribution >= 0.6 is 0 Å². The van der Waals surface area contributed by atoms with Crippen molar-refractivity contribution in [3.63, 3.8) is 0 Å². The molecule has 0 spiro atoms. The number of aliphatic hydroxyl groups excluding tert-OH is 2. The first-order valence-electron chi connectivity index (χ1n) is 6.45. The highest BCUT2D eigenvalue weighted by Crippen LogP contribution is 2.61. The lowest BCUT2D eigenvalue weighted by atomic mass is 9.48. The molecule has 0 amide bonds. The van der Waals surface area contributed by atoms with Gasteiger partial charge in [0.1, 0.15) is 0 Å².